The Morgan fingerprint density at radius 2 is 2.12 bits per heavy atom. The molecule has 0 spiro atoms. The van der Waals surface area contributed by atoms with E-state index in [1.807, 2.05) is 6.07 Å². The Morgan fingerprint density at radius 3 is 2.76 bits per heavy atom. The second-order valence-corrected chi connectivity index (χ2v) is 6.02. The number of nitrogens with one attached hydrogen (secondary N) is 1. The van der Waals surface area contributed by atoms with E-state index in [4.69, 9.17) is 11.6 Å². The van der Waals surface area contributed by atoms with Crippen LogP contribution in [0, 0.1) is 6.92 Å². The van der Waals surface area contributed by atoms with Crippen LogP contribution in [0.15, 0.2) is 36.4 Å². The maximum absolute atomic E-state index is 5.90. The minimum Gasteiger partial charge on any atom is -0.305 e. The van der Waals surface area contributed by atoms with Gasteiger partial charge in [-0.3, -0.25) is 0 Å². The molecule has 0 unspecified atom stereocenters. The lowest BCUT2D eigenvalue weighted by Gasteiger charge is -2.14. The lowest BCUT2D eigenvalue weighted by molar-refractivity contribution is 0.578. The van der Waals surface area contributed by atoms with Gasteiger partial charge in [0.25, 0.3) is 0 Å². The molecule has 1 nitrogen and oxygen atoms in total. The molecule has 1 atom stereocenters. The topological polar surface area (TPSA) is 12.0 Å². The fourth-order valence-corrected chi connectivity index (χ4v) is 2.80. The number of rotatable bonds is 4. The summed E-state index contributed by atoms with van der Waals surface area (Å²) in [5.41, 5.74) is 2.63. The predicted molar refractivity (Wildman–Crippen MR) is 75.8 cm³/mol. The van der Waals surface area contributed by atoms with Gasteiger partial charge in [0.05, 0.1) is 4.34 Å². The van der Waals surface area contributed by atoms with Crippen molar-refractivity contribution in [2.45, 2.75) is 26.4 Å². The van der Waals surface area contributed by atoms with Crippen molar-refractivity contribution in [3.63, 3.8) is 0 Å². The van der Waals surface area contributed by atoms with Crippen molar-refractivity contribution >= 4 is 22.9 Å². The second kappa shape index (κ2) is 5.67. The highest BCUT2D eigenvalue weighted by atomic mass is 35.5. The molecule has 0 amide bonds. The number of hydrogen-bond acceptors (Lipinski definition) is 2. The molecule has 2 rings (SSSR count). The lowest BCUT2D eigenvalue weighted by Crippen LogP contribution is -2.17. The molecule has 1 aromatic heterocycles. The van der Waals surface area contributed by atoms with Gasteiger partial charge in [-0.15, -0.1) is 11.3 Å². The Balaban J connectivity index is 1.95. The van der Waals surface area contributed by atoms with Gasteiger partial charge in [-0.1, -0.05) is 41.4 Å². The van der Waals surface area contributed by atoms with Gasteiger partial charge in [-0.2, -0.15) is 0 Å². The standard InChI is InChI=1S/C14H16ClNS/c1-10-4-3-5-12(8-10)11(2)16-9-13-6-7-14(15)17-13/h3-8,11,16H,9H2,1-2H3/t11-/m1/s1. The molecule has 0 fully saturated rings. The van der Waals surface area contributed by atoms with Gasteiger partial charge in [0, 0.05) is 17.5 Å². The molecule has 3 heteroatoms. The molecule has 0 aliphatic carbocycles. The number of benzene rings is 1. The quantitative estimate of drug-likeness (QED) is 0.855. The van der Waals surface area contributed by atoms with Crippen molar-refractivity contribution in [3.05, 3.63) is 56.7 Å². The Kier molecular flexibility index (Phi) is 4.21. The minimum absolute atomic E-state index is 0.357. The summed E-state index contributed by atoms with van der Waals surface area (Å²) in [7, 11) is 0. The monoisotopic (exact) mass is 265 g/mol. The third-order valence-electron chi connectivity index (χ3n) is 2.75. The molecule has 90 valence electrons. The van der Waals surface area contributed by atoms with Crippen molar-refractivity contribution in [1.82, 2.24) is 5.32 Å². The third-order valence-corrected chi connectivity index (χ3v) is 3.98. The molecule has 0 aliphatic rings. The summed E-state index contributed by atoms with van der Waals surface area (Å²) >= 11 is 7.54. The van der Waals surface area contributed by atoms with Gasteiger partial charge < -0.3 is 5.32 Å². The average molecular weight is 266 g/mol. The van der Waals surface area contributed by atoms with Crippen LogP contribution in [0.25, 0.3) is 0 Å². The first-order valence-electron chi connectivity index (χ1n) is 5.69. The van der Waals surface area contributed by atoms with Crippen molar-refractivity contribution < 1.29 is 0 Å². The van der Waals surface area contributed by atoms with E-state index >= 15 is 0 Å². The number of thiophene rings is 1. The van der Waals surface area contributed by atoms with E-state index in [0.29, 0.717) is 6.04 Å². The van der Waals surface area contributed by atoms with Crippen LogP contribution < -0.4 is 5.32 Å². The van der Waals surface area contributed by atoms with E-state index in [-0.39, 0.29) is 0 Å². The fourth-order valence-electron chi connectivity index (χ4n) is 1.76. The molecule has 0 aliphatic heterocycles. The van der Waals surface area contributed by atoms with Crippen LogP contribution in [0.3, 0.4) is 0 Å². The van der Waals surface area contributed by atoms with Crippen molar-refractivity contribution in [2.24, 2.45) is 0 Å². The van der Waals surface area contributed by atoms with Gasteiger partial charge in [0.15, 0.2) is 0 Å². The summed E-state index contributed by atoms with van der Waals surface area (Å²) < 4.78 is 0.852. The van der Waals surface area contributed by atoms with Crippen LogP contribution in [0.1, 0.15) is 29.0 Å². The first-order chi connectivity index (χ1) is 8.15. The highest BCUT2D eigenvalue weighted by molar-refractivity contribution is 7.16. The molecule has 0 saturated heterocycles. The van der Waals surface area contributed by atoms with Crippen LogP contribution in [0.4, 0.5) is 0 Å². The summed E-state index contributed by atoms with van der Waals surface area (Å²) in [6, 6.07) is 13.0. The second-order valence-electron chi connectivity index (χ2n) is 4.22. The van der Waals surface area contributed by atoms with Gasteiger partial charge in [0.1, 0.15) is 0 Å². The van der Waals surface area contributed by atoms with Crippen molar-refractivity contribution in [1.29, 1.82) is 0 Å². The maximum atomic E-state index is 5.90. The number of halogens is 1. The normalized spacial score (nSPS) is 12.6. The van der Waals surface area contributed by atoms with Crippen LogP contribution in [-0.4, -0.2) is 0 Å². The zero-order chi connectivity index (χ0) is 12.3. The Hall–Kier alpha value is -0.830. The van der Waals surface area contributed by atoms with E-state index in [9.17, 15) is 0 Å². The molecule has 2 aromatic rings. The van der Waals surface area contributed by atoms with Gasteiger partial charge >= 0.3 is 0 Å². The molecule has 0 saturated carbocycles. The summed E-state index contributed by atoms with van der Waals surface area (Å²) in [6.45, 7) is 5.17. The first kappa shape index (κ1) is 12.6. The molecule has 0 radical (unpaired) electrons. The Morgan fingerprint density at radius 1 is 1.29 bits per heavy atom. The zero-order valence-electron chi connectivity index (χ0n) is 10.0. The Bertz CT molecular complexity index is 492. The zero-order valence-corrected chi connectivity index (χ0v) is 11.6. The van der Waals surface area contributed by atoms with Crippen molar-refractivity contribution in [2.75, 3.05) is 0 Å². The predicted octanol–water partition coefficient (Wildman–Crippen LogP) is 4.56. The van der Waals surface area contributed by atoms with Crippen LogP contribution in [0.5, 0.6) is 0 Å². The summed E-state index contributed by atoms with van der Waals surface area (Å²) in [5.74, 6) is 0. The van der Waals surface area contributed by atoms with E-state index < -0.39 is 0 Å². The summed E-state index contributed by atoms with van der Waals surface area (Å²) in [6.07, 6.45) is 0. The highest BCUT2D eigenvalue weighted by Crippen LogP contribution is 2.22. The summed E-state index contributed by atoms with van der Waals surface area (Å²) in [5, 5.41) is 3.51. The molecular weight excluding hydrogens is 250 g/mol. The van der Waals surface area contributed by atoms with Gasteiger partial charge in [0.2, 0.25) is 0 Å². The summed E-state index contributed by atoms with van der Waals surface area (Å²) in [4.78, 5) is 1.27. The Labute approximate surface area is 111 Å². The van der Waals surface area contributed by atoms with Crippen LogP contribution in [0.2, 0.25) is 4.34 Å². The molecule has 17 heavy (non-hydrogen) atoms. The average Bonchev–Trinajstić information content (AvgIpc) is 2.72. The van der Waals surface area contributed by atoms with Crippen LogP contribution in [-0.2, 0) is 6.54 Å². The maximum Gasteiger partial charge on any atom is 0.0931 e. The number of aryl methyl sites for hydroxylation is 1. The largest absolute Gasteiger partial charge is 0.305 e. The SMILES string of the molecule is Cc1cccc([C@@H](C)NCc2ccc(Cl)s2)c1. The fraction of sp³-hybridized carbons (Fsp3) is 0.286. The minimum atomic E-state index is 0.357. The smallest absolute Gasteiger partial charge is 0.0931 e. The lowest BCUT2D eigenvalue weighted by atomic mass is 10.1. The first-order valence-corrected chi connectivity index (χ1v) is 6.89. The highest BCUT2D eigenvalue weighted by Gasteiger charge is 2.05. The number of hydrogen-bond donors (Lipinski definition) is 1. The van der Waals surface area contributed by atoms with Gasteiger partial charge in [-0.25, -0.2) is 0 Å². The molecule has 1 N–H and O–H groups in total. The molecule has 0 bridgehead atoms. The third kappa shape index (κ3) is 3.56. The van der Waals surface area contributed by atoms with E-state index in [1.54, 1.807) is 11.3 Å². The molecular formula is C14H16ClNS. The van der Waals surface area contributed by atoms with E-state index in [0.717, 1.165) is 10.9 Å². The van der Waals surface area contributed by atoms with Crippen molar-refractivity contribution in [3.8, 4) is 0 Å². The molecule has 1 aromatic carbocycles. The van der Waals surface area contributed by atoms with E-state index in [2.05, 4.69) is 49.5 Å². The molecule has 1 heterocycles. The van der Waals surface area contributed by atoms with Gasteiger partial charge in [-0.05, 0) is 31.5 Å². The van der Waals surface area contributed by atoms with E-state index in [1.165, 1.54) is 16.0 Å². The van der Waals surface area contributed by atoms with Crippen LogP contribution >= 0.6 is 22.9 Å².